The molecule has 0 bridgehead atoms. The minimum absolute atomic E-state index is 0.0713. The monoisotopic (exact) mass is 604 g/mol. The van der Waals surface area contributed by atoms with Crippen molar-refractivity contribution in [2.45, 2.75) is 214 Å². The molecule has 2 aliphatic rings. The minimum atomic E-state index is 0.0713. The Hall–Kier alpha value is -0.860. The number of carbonyl (C=O) groups is 2. The smallest absolute Gasteiger partial charge is 0.229 e. The van der Waals surface area contributed by atoms with Gasteiger partial charge >= 0.3 is 0 Å². The van der Waals surface area contributed by atoms with Crippen LogP contribution < -0.4 is 0 Å². The van der Waals surface area contributed by atoms with E-state index in [0.29, 0.717) is 19.4 Å². The van der Waals surface area contributed by atoms with Crippen molar-refractivity contribution >= 4 is 11.8 Å². The topological polar surface area (TPSA) is 37.4 Å². The Morgan fingerprint density at radius 1 is 0.465 bits per heavy atom. The van der Waals surface area contributed by atoms with Gasteiger partial charge in [0.2, 0.25) is 11.8 Å². The molecular weight excluding hydrogens is 526 g/mol. The number of unbranched alkanes of at least 4 members (excludes halogenated alkanes) is 14. The van der Waals surface area contributed by atoms with Gasteiger partial charge in [-0.2, -0.15) is 0 Å². The van der Waals surface area contributed by atoms with Gasteiger partial charge in [0.15, 0.2) is 0 Å². The Bertz CT molecular complexity index is 597. The minimum Gasteiger partial charge on any atom is -0.283 e. The molecule has 2 saturated carbocycles. The zero-order chi connectivity index (χ0) is 31.5. The van der Waals surface area contributed by atoms with Crippen LogP contribution in [-0.2, 0) is 9.59 Å². The van der Waals surface area contributed by atoms with Crippen LogP contribution in [0.4, 0.5) is 0 Å². The molecule has 2 rings (SSSR count). The van der Waals surface area contributed by atoms with Gasteiger partial charge in [-0.05, 0) is 49.4 Å². The van der Waals surface area contributed by atoms with Crippen molar-refractivity contribution in [1.82, 2.24) is 4.90 Å². The molecule has 254 valence electrons. The maximum Gasteiger partial charge on any atom is 0.229 e. The first kappa shape index (κ1) is 40.2. The second kappa shape index (κ2) is 27.5. The molecule has 0 radical (unpaired) electrons. The summed E-state index contributed by atoms with van der Waals surface area (Å²) in [6.45, 7) is 12.1. The van der Waals surface area contributed by atoms with E-state index >= 15 is 0 Å². The second-order valence-electron chi connectivity index (χ2n) is 14.9. The van der Waals surface area contributed by atoms with E-state index in [1.807, 2.05) is 0 Å². The van der Waals surface area contributed by atoms with Gasteiger partial charge in [0.1, 0.15) is 0 Å². The predicted molar refractivity (Wildman–Crippen MR) is 188 cm³/mol. The molecule has 0 spiro atoms. The molecule has 3 heteroatoms. The number of rotatable bonds is 22. The van der Waals surface area contributed by atoms with Crippen LogP contribution in [0.5, 0.6) is 0 Å². The van der Waals surface area contributed by atoms with Crippen LogP contribution in [-0.4, -0.2) is 23.3 Å². The third kappa shape index (κ3) is 21.5. The van der Waals surface area contributed by atoms with Gasteiger partial charge in [0.05, 0.1) is 0 Å². The summed E-state index contributed by atoms with van der Waals surface area (Å²) in [4.78, 5) is 26.9. The van der Waals surface area contributed by atoms with Crippen LogP contribution in [0, 0.1) is 23.7 Å². The lowest BCUT2D eigenvalue weighted by Gasteiger charge is -2.32. The molecule has 0 aromatic rings. The fourth-order valence-electron chi connectivity index (χ4n) is 7.25. The highest BCUT2D eigenvalue weighted by Crippen LogP contribution is 2.38. The summed E-state index contributed by atoms with van der Waals surface area (Å²) in [5.41, 5.74) is 0. The van der Waals surface area contributed by atoms with E-state index in [4.69, 9.17) is 0 Å². The SMILES string of the molecule is CC1CCC(CC2CCC(C)CC2)CC1.CCCCCCCCC(=O)N(CCCCCCC)C(=O)CCCCCCCC. The van der Waals surface area contributed by atoms with Crippen molar-refractivity contribution in [2.75, 3.05) is 6.54 Å². The van der Waals surface area contributed by atoms with Crippen molar-refractivity contribution in [3.8, 4) is 0 Å². The van der Waals surface area contributed by atoms with Gasteiger partial charge in [-0.15, -0.1) is 0 Å². The van der Waals surface area contributed by atoms with Crippen molar-refractivity contribution in [3.63, 3.8) is 0 Å². The first-order valence-corrected chi connectivity index (χ1v) is 19.7. The van der Waals surface area contributed by atoms with Crippen molar-refractivity contribution in [2.24, 2.45) is 23.7 Å². The number of carbonyl (C=O) groups excluding carboxylic acids is 2. The van der Waals surface area contributed by atoms with Crippen LogP contribution in [0.1, 0.15) is 214 Å². The maximum atomic E-state index is 12.7. The first-order chi connectivity index (χ1) is 20.9. The number of hydrogen-bond donors (Lipinski definition) is 0. The van der Waals surface area contributed by atoms with Crippen LogP contribution in [0.25, 0.3) is 0 Å². The van der Waals surface area contributed by atoms with E-state index in [-0.39, 0.29) is 11.8 Å². The van der Waals surface area contributed by atoms with Crippen molar-refractivity contribution in [1.29, 1.82) is 0 Å². The van der Waals surface area contributed by atoms with Gasteiger partial charge in [-0.3, -0.25) is 14.5 Å². The van der Waals surface area contributed by atoms with Crippen molar-refractivity contribution in [3.05, 3.63) is 0 Å². The summed E-state index contributed by atoms with van der Waals surface area (Å²) in [6.07, 6.45) is 34.7. The highest BCUT2D eigenvalue weighted by atomic mass is 16.2. The lowest BCUT2D eigenvalue weighted by Crippen LogP contribution is -2.37. The molecule has 0 aliphatic heterocycles. The van der Waals surface area contributed by atoms with E-state index in [2.05, 4.69) is 34.6 Å². The lowest BCUT2D eigenvalue weighted by atomic mass is 9.74. The third-order valence-corrected chi connectivity index (χ3v) is 10.5. The number of imide groups is 1. The normalized spacial score (nSPS) is 22.1. The quantitative estimate of drug-likeness (QED) is 0.115. The largest absolute Gasteiger partial charge is 0.283 e. The van der Waals surface area contributed by atoms with E-state index in [1.165, 1.54) is 122 Å². The van der Waals surface area contributed by atoms with Gasteiger partial charge < -0.3 is 0 Å². The highest BCUT2D eigenvalue weighted by molar-refractivity contribution is 5.95. The molecule has 0 aromatic heterocycles. The first-order valence-electron chi connectivity index (χ1n) is 19.7. The van der Waals surface area contributed by atoms with Crippen LogP contribution in [0.15, 0.2) is 0 Å². The Labute approximate surface area is 270 Å². The molecule has 0 N–H and O–H groups in total. The molecule has 43 heavy (non-hydrogen) atoms. The molecule has 2 fully saturated rings. The predicted octanol–water partition coefficient (Wildman–Crippen LogP) is 12.8. The zero-order valence-electron chi connectivity index (χ0n) is 30.1. The molecule has 0 saturated heterocycles. The maximum absolute atomic E-state index is 12.7. The van der Waals surface area contributed by atoms with Crippen LogP contribution >= 0.6 is 0 Å². The van der Waals surface area contributed by atoms with E-state index in [9.17, 15) is 9.59 Å². The van der Waals surface area contributed by atoms with Crippen LogP contribution in [0.2, 0.25) is 0 Å². The molecule has 3 nitrogen and oxygen atoms in total. The fraction of sp³-hybridized carbons (Fsp3) is 0.950. The molecule has 2 aliphatic carbocycles. The third-order valence-electron chi connectivity index (χ3n) is 10.5. The Morgan fingerprint density at radius 2 is 0.791 bits per heavy atom. The van der Waals surface area contributed by atoms with Gasteiger partial charge in [-0.25, -0.2) is 0 Å². The number of amides is 2. The van der Waals surface area contributed by atoms with E-state index in [1.54, 1.807) is 11.3 Å². The Kier molecular flexibility index (Phi) is 25.6. The zero-order valence-corrected chi connectivity index (χ0v) is 30.1. The summed E-state index contributed by atoms with van der Waals surface area (Å²) in [5, 5.41) is 0. The average molecular weight is 604 g/mol. The number of hydrogen-bond acceptors (Lipinski definition) is 2. The van der Waals surface area contributed by atoms with Crippen LogP contribution in [0.3, 0.4) is 0 Å². The van der Waals surface area contributed by atoms with Gasteiger partial charge in [0, 0.05) is 19.4 Å². The lowest BCUT2D eigenvalue weighted by molar-refractivity contribution is -0.145. The highest BCUT2D eigenvalue weighted by Gasteiger charge is 2.24. The Morgan fingerprint density at radius 3 is 1.16 bits per heavy atom. The average Bonchev–Trinajstić information content (AvgIpc) is 3.01. The van der Waals surface area contributed by atoms with Crippen molar-refractivity contribution < 1.29 is 9.59 Å². The summed E-state index contributed by atoms with van der Waals surface area (Å²) in [7, 11) is 0. The van der Waals surface area contributed by atoms with E-state index < -0.39 is 0 Å². The number of nitrogens with zero attached hydrogens (tertiary/aromatic N) is 1. The Balaban J connectivity index is 0.000000510. The molecule has 2 amide bonds. The summed E-state index contributed by atoms with van der Waals surface area (Å²) >= 11 is 0. The standard InChI is InChI=1S/C25H49NO2.C15H28/c1-4-7-10-13-15-18-21-24(27)26(23-20-17-12-9-6-3)25(28)22-19-16-14-11-8-5-2;1-12-3-7-14(8-4-12)11-15-9-5-13(2)6-10-15/h4-23H2,1-3H3;12-15H,3-11H2,1-2H3. The van der Waals surface area contributed by atoms with Gasteiger partial charge in [-0.1, -0.05) is 176 Å². The fourth-order valence-corrected chi connectivity index (χ4v) is 7.25. The van der Waals surface area contributed by atoms with Gasteiger partial charge in [0.25, 0.3) is 0 Å². The molecule has 0 heterocycles. The summed E-state index contributed by atoms with van der Waals surface area (Å²) in [5.74, 6) is 4.38. The van der Waals surface area contributed by atoms with E-state index in [0.717, 1.165) is 62.2 Å². The molecule has 0 aromatic carbocycles. The molecule has 0 atom stereocenters. The second-order valence-corrected chi connectivity index (χ2v) is 14.9. The molecular formula is C40H77NO2. The summed E-state index contributed by atoms with van der Waals surface area (Å²) in [6, 6.07) is 0. The molecule has 0 unspecified atom stereocenters. The summed E-state index contributed by atoms with van der Waals surface area (Å²) < 4.78 is 0.